The molecule has 4 heterocycles. The minimum Gasteiger partial charge on any atom is -0.381 e. The number of fused-ring (bicyclic) bond motifs is 1. The Bertz CT molecular complexity index is 496. The van der Waals surface area contributed by atoms with Gasteiger partial charge in [0.05, 0.1) is 18.2 Å². The molecule has 0 saturated carbocycles. The highest BCUT2D eigenvalue weighted by Gasteiger charge is 2.63. The van der Waals surface area contributed by atoms with Crippen LogP contribution < -0.4 is 5.32 Å². The quantitative estimate of drug-likeness (QED) is 0.764. The summed E-state index contributed by atoms with van der Waals surface area (Å²) in [5, 5.41) is 3.18. The maximum Gasteiger partial charge on any atom is 0.234 e. The Labute approximate surface area is 151 Å². The Balaban J connectivity index is 1.35. The van der Waals surface area contributed by atoms with Gasteiger partial charge in [-0.15, -0.1) is 0 Å². The van der Waals surface area contributed by atoms with Gasteiger partial charge in [0.1, 0.15) is 0 Å². The topological polar surface area (TPSA) is 54.0 Å². The fourth-order valence-corrected chi connectivity index (χ4v) is 5.47. The normalized spacial score (nSPS) is 38.4. The summed E-state index contributed by atoms with van der Waals surface area (Å²) >= 11 is 0. The molecule has 0 aromatic carbocycles. The van der Waals surface area contributed by atoms with Crippen molar-refractivity contribution >= 4 is 5.91 Å². The van der Waals surface area contributed by atoms with E-state index in [2.05, 4.69) is 17.1 Å². The minimum atomic E-state index is 0.0680. The van der Waals surface area contributed by atoms with Crippen molar-refractivity contribution in [2.45, 2.75) is 50.4 Å². The number of rotatable bonds is 6. The van der Waals surface area contributed by atoms with Crippen LogP contribution in [0.5, 0.6) is 0 Å². The van der Waals surface area contributed by atoms with Gasteiger partial charge in [0.2, 0.25) is 5.91 Å². The minimum absolute atomic E-state index is 0.0680. The van der Waals surface area contributed by atoms with Gasteiger partial charge in [-0.05, 0) is 39.3 Å². The second kappa shape index (κ2) is 7.14. The van der Waals surface area contributed by atoms with Crippen LogP contribution in [0.25, 0.3) is 0 Å². The van der Waals surface area contributed by atoms with Crippen molar-refractivity contribution in [1.82, 2.24) is 15.1 Å². The summed E-state index contributed by atoms with van der Waals surface area (Å²) in [5.41, 5.74) is 0.0680. The average Bonchev–Trinajstić information content (AvgIpc) is 3.29. The molecule has 4 fully saturated rings. The van der Waals surface area contributed by atoms with E-state index in [4.69, 9.17) is 9.47 Å². The number of amides is 1. The number of ether oxygens (including phenoxy) is 2. The highest BCUT2D eigenvalue weighted by Crippen LogP contribution is 2.55. The molecule has 142 valence electrons. The summed E-state index contributed by atoms with van der Waals surface area (Å²) in [6.45, 7) is 8.24. The fourth-order valence-electron chi connectivity index (χ4n) is 5.47. The molecule has 1 N–H and O–H groups in total. The van der Waals surface area contributed by atoms with Crippen LogP contribution in [0.3, 0.4) is 0 Å². The van der Waals surface area contributed by atoms with Crippen molar-refractivity contribution in [1.29, 1.82) is 0 Å². The first-order valence-corrected chi connectivity index (χ1v) is 10.1. The zero-order valence-electron chi connectivity index (χ0n) is 15.7. The van der Waals surface area contributed by atoms with Crippen molar-refractivity contribution < 1.29 is 14.3 Å². The van der Waals surface area contributed by atoms with Gasteiger partial charge >= 0.3 is 0 Å². The lowest BCUT2D eigenvalue weighted by Gasteiger charge is -2.32. The number of nitrogens with zero attached hydrogens (tertiary/aromatic N) is 2. The van der Waals surface area contributed by atoms with E-state index < -0.39 is 0 Å². The van der Waals surface area contributed by atoms with Gasteiger partial charge in [-0.3, -0.25) is 14.6 Å². The molecule has 4 atom stereocenters. The zero-order chi connectivity index (χ0) is 17.4. The van der Waals surface area contributed by atoms with Gasteiger partial charge < -0.3 is 14.8 Å². The molecule has 6 heteroatoms. The molecule has 25 heavy (non-hydrogen) atoms. The fraction of sp³-hybridized carbons (Fsp3) is 0.947. The van der Waals surface area contributed by atoms with Gasteiger partial charge in [0.25, 0.3) is 0 Å². The Hall–Kier alpha value is -0.690. The second-order valence-electron chi connectivity index (χ2n) is 8.44. The predicted octanol–water partition coefficient (Wildman–Crippen LogP) is 0.713. The molecule has 1 spiro atoms. The summed E-state index contributed by atoms with van der Waals surface area (Å²) in [6, 6.07) is 0.657. The SMILES string of the molecule is CCN(C)CC(=O)NC[C@H]1[C@H]2CN(C3CCOCC3)C[C@]23CC[C@H]1O3. The smallest absolute Gasteiger partial charge is 0.234 e. The number of hydrogen-bond acceptors (Lipinski definition) is 5. The molecule has 4 rings (SSSR count). The molecule has 0 unspecified atom stereocenters. The Kier molecular flexibility index (Phi) is 5.06. The first kappa shape index (κ1) is 17.7. The first-order valence-electron chi connectivity index (χ1n) is 10.1. The molecule has 6 nitrogen and oxygen atoms in total. The van der Waals surface area contributed by atoms with Gasteiger partial charge in [-0.2, -0.15) is 0 Å². The van der Waals surface area contributed by atoms with Crippen molar-refractivity contribution in [3.8, 4) is 0 Å². The highest BCUT2D eigenvalue weighted by atomic mass is 16.5. The summed E-state index contributed by atoms with van der Waals surface area (Å²) in [5.74, 6) is 1.20. The number of carbonyl (C=O) groups is 1. The highest BCUT2D eigenvalue weighted by molar-refractivity contribution is 5.77. The van der Waals surface area contributed by atoms with Gasteiger partial charge in [-0.1, -0.05) is 6.92 Å². The molecule has 1 amide bonds. The van der Waals surface area contributed by atoms with E-state index in [9.17, 15) is 4.79 Å². The summed E-state index contributed by atoms with van der Waals surface area (Å²) in [7, 11) is 1.98. The summed E-state index contributed by atoms with van der Waals surface area (Å²) in [6.07, 6.45) is 5.01. The Morgan fingerprint density at radius 1 is 1.32 bits per heavy atom. The number of likely N-dealkylation sites (N-methyl/N-ethyl adjacent to an activating group) is 1. The standard InChI is InChI=1S/C19H33N3O3/c1-3-21(2)12-18(23)20-10-15-16-11-22(14-5-8-24-9-6-14)13-19(16)7-4-17(15)25-19/h14-17H,3-13H2,1-2H3,(H,20,23)/t15-,16+,17+,19+/m0/s1. The molecule has 4 aliphatic rings. The zero-order valence-corrected chi connectivity index (χ0v) is 15.7. The molecular formula is C19H33N3O3. The van der Waals surface area contributed by atoms with Gasteiger partial charge in [-0.25, -0.2) is 0 Å². The molecule has 0 aromatic rings. The molecule has 0 radical (unpaired) electrons. The third-order valence-corrected chi connectivity index (χ3v) is 7.01. The molecular weight excluding hydrogens is 318 g/mol. The van der Waals surface area contributed by atoms with Crippen molar-refractivity contribution in [3.05, 3.63) is 0 Å². The molecule has 0 aromatic heterocycles. The van der Waals surface area contributed by atoms with Crippen LogP contribution >= 0.6 is 0 Å². The maximum atomic E-state index is 12.2. The van der Waals surface area contributed by atoms with Crippen LogP contribution in [0.1, 0.15) is 32.6 Å². The lowest BCUT2D eigenvalue weighted by Crippen LogP contribution is -2.44. The molecule has 0 aliphatic carbocycles. The third-order valence-electron chi connectivity index (χ3n) is 7.01. The summed E-state index contributed by atoms with van der Waals surface area (Å²) < 4.78 is 12.0. The second-order valence-corrected chi connectivity index (χ2v) is 8.44. The van der Waals surface area contributed by atoms with E-state index in [1.54, 1.807) is 0 Å². The van der Waals surface area contributed by atoms with E-state index in [-0.39, 0.29) is 11.5 Å². The van der Waals surface area contributed by atoms with Gasteiger partial charge in [0.15, 0.2) is 0 Å². The van der Waals surface area contributed by atoms with Crippen molar-refractivity contribution in [3.63, 3.8) is 0 Å². The van der Waals surface area contributed by atoms with E-state index in [0.29, 0.717) is 30.5 Å². The van der Waals surface area contributed by atoms with Crippen LogP contribution in [0.15, 0.2) is 0 Å². The lowest BCUT2D eigenvalue weighted by molar-refractivity contribution is -0.122. The molecule has 4 saturated heterocycles. The van der Waals surface area contributed by atoms with Gasteiger partial charge in [0, 0.05) is 50.7 Å². The number of hydrogen-bond donors (Lipinski definition) is 1. The molecule has 2 bridgehead atoms. The van der Waals surface area contributed by atoms with Crippen LogP contribution in [0.2, 0.25) is 0 Å². The van der Waals surface area contributed by atoms with E-state index in [1.807, 2.05) is 11.9 Å². The average molecular weight is 351 g/mol. The molecule has 4 aliphatic heterocycles. The van der Waals surface area contributed by atoms with Crippen LogP contribution in [-0.2, 0) is 14.3 Å². The lowest BCUT2D eigenvalue weighted by atomic mass is 9.73. The largest absolute Gasteiger partial charge is 0.381 e. The number of nitrogens with one attached hydrogen (secondary N) is 1. The Morgan fingerprint density at radius 3 is 2.88 bits per heavy atom. The number of likely N-dealkylation sites (tertiary alicyclic amines) is 1. The van der Waals surface area contributed by atoms with E-state index in [1.165, 1.54) is 6.42 Å². The monoisotopic (exact) mass is 351 g/mol. The van der Waals surface area contributed by atoms with Crippen molar-refractivity contribution in [2.75, 3.05) is 53.0 Å². The number of carbonyl (C=O) groups excluding carboxylic acids is 1. The Morgan fingerprint density at radius 2 is 2.12 bits per heavy atom. The van der Waals surface area contributed by atoms with Crippen LogP contribution in [0, 0.1) is 11.8 Å². The van der Waals surface area contributed by atoms with E-state index in [0.717, 1.165) is 58.7 Å². The van der Waals surface area contributed by atoms with Crippen LogP contribution in [0.4, 0.5) is 0 Å². The van der Waals surface area contributed by atoms with Crippen molar-refractivity contribution in [2.24, 2.45) is 11.8 Å². The first-order chi connectivity index (χ1) is 12.1. The summed E-state index contributed by atoms with van der Waals surface area (Å²) in [4.78, 5) is 16.9. The predicted molar refractivity (Wildman–Crippen MR) is 95.4 cm³/mol. The van der Waals surface area contributed by atoms with E-state index >= 15 is 0 Å². The van der Waals surface area contributed by atoms with Crippen LogP contribution in [-0.4, -0.2) is 86.4 Å². The maximum absolute atomic E-state index is 12.2. The third kappa shape index (κ3) is 3.34.